The standard InChI is InChI=1S/C10H14ClN.C10H16N2.H3N.H2O/c2*1-12(8-7-11)9-10-5-3-2-4-6-10;;/h2-6H,7-9H2,1H3;2-6H,7-9,11H2,1H3;1H3;1H2. The van der Waals surface area contributed by atoms with E-state index in [1.165, 1.54) is 11.1 Å². The van der Waals surface area contributed by atoms with Crippen LogP contribution in [0.25, 0.3) is 0 Å². The maximum absolute atomic E-state index is 5.62. The molecule has 2 aromatic rings. The van der Waals surface area contributed by atoms with Gasteiger partial charge in [-0.05, 0) is 25.2 Å². The van der Waals surface area contributed by atoms with Crippen molar-refractivity contribution >= 4 is 11.6 Å². The Morgan fingerprint density at radius 2 is 1.15 bits per heavy atom. The van der Waals surface area contributed by atoms with Gasteiger partial charge >= 0.3 is 0 Å². The number of nitrogens with zero attached hydrogens (tertiary/aromatic N) is 2. The molecule has 7 N–H and O–H groups in total. The summed E-state index contributed by atoms with van der Waals surface area (Å²) in [7, 11) is 4.16. The van der Waals surface area contributed by atoms with Crippen molar-refractivity contribution in [2.45, 2.75) is 13.1 Å². The van der Waals surface area contributed by atoms with E-state index in [9.17, 15) is 0 Å². The summed E-state index contributed by atoms with van der Waals surface area (Å²) in [5.74, 6) is 0.698. The summed E-state index contributed by atoms with van der Waals surface area (Å²) < 4.78 is 0. The lowest BCUT2D eigenvalue weighted by Crippen LogP contribution is -2.24. The van der Waals surface area contributed by atoms with Crippen LogP contribution in [-0.2, 0) is 13.1 Å². The highest BCUT2D eigenvalue weighted by Crippen LogP contribution is 2.02. The molecule has 5 nitrogen and oxygen atoms in total. The van der Waals surface area contributed by atoms with Crippen LogP contribution < -0.4 is 11.9 Å². The van der Waals surface area contributed by atoms with Crippen LogP contribution in [-0.4, -0.2) is 54.9 Å². The quantitative estimate of drug-likeness (QED) is 0.685. The number of halogens is 1. The average molecular weight is 383 g/mol. The van der Waals surface area contributed by atoms with Crippen LogP contribution in [0.4, 0.5) is 0 Å². The third kappa shape index (κ3) is 12.8. The fourth-order valence-corrected chi connectivity index (χ4v) is 2.60. The van der Waals surface area contributed by atoms with E-state index in [1.807, 2.05) is 12.1 Å². The highest BCUT2D eigenvalue weighted by atomic mass is 35.5. The zero-order valence-corrected chi connectivity index (χ0v) is 16.8. The first-order valence-corrected chi connectivity index (χ1v) is 8.90. The molecule has 0 spiro atoms. The van der Waals surface area contributed by atoms with E-state index >= 15 is 0 Å². The Labute approximate surface area is 163 Å². The molecule has 0 radical (unpaired) electrons. The van der Waals surface area contributed by atoms with Crippen molar-refractivity contribution in [1.82, 2.24) is 16.0 Å². The van der Waals surface area contributed by atoms with Crippen molar-refractivity contribution in [3.63, 3.8) is 0 Å². The maximum atomic E-state index is 5.62. The highest BCUT2D eigenvalue weighted by Gasteiger charge is 1.97. The van der Waals surface area contributed by atoms with Crippen LogP contribution in [0.2, 0.25) is 0 Å². The minimum atomic E-state index is 0. The van der Waals surface area contributed by atoms with E-state index in [0.717, 1.165) is 32.7 Å². The van der Waals surface area contributed by atoms with Crippen molar-refractivity contribution in [3.05, 3.63) is 71.8 Å². The van der Waals surface area contributed by atoms with Gasteiger partial charge in [-0.15, -0.1) is 11.6 Å². The van der Waals surface area contributed by atoms with Gasteiger partial charge in [0, 0.05) is 38.6 Å². The van der Waals surface area contributed by atoms with Crippen LogP contribution in [0, 0.1) is 0 Å². The molecular formula is C20H35ClN4O. The molecule has 0 aromatic heterocycles. The third-order valence-electron chi connectivity index (χ3n) is 3.57. The number of nitrogens with two attached hydrogens (primary N) is 1. The van der Waals surface area contributed by atoms with Gasteiger partial charge in [0.05, 0.1) is 0 Å². The minimum Gasteiger partial charge on any atom is -0.412 e. The fourth-order valence-electron chi connectivity index (χ4n) is 2.31. The summed E-state index contributed by atoms with van der Waals surface area (Å²) in [4.78, 5) is 4.43. The summed E-state index contributed by atoms with van der Waals surface area (Å²) in [6.07, 6.45) is 0. The van der Waals surface area contributed by atoms with Gasteiger partial charge in [-0.1, -0.05) is 60.7 Å². The van der Waals surface area contributed by atoms with Gasteiger partial charge < -0.3 is 27.2 Å². The van der Waals surface area contributed by atoms with E-state index < -0.39 is 0 Å². The van der Waals surface area contributed by atoms with Crippen LogP contribution in [0.1, 0.15) is 11.1 Å². The van der Waals surface area contributed by atoms with E-state index in [1.54, 1.807) is 0 Å². The molecule has 148 valence electrons. The number of benzene rings is 2. The number of hydrogen-bond donors (Lipinski definition) is 2. The largest absolute Gasteiger partial charge is 0.412 e. The Hall–Kier alpha value is -1.47. The number of likely N-dealkylation sites (N-methyl/N-ethyl adjacent to an activating group) is 1. The molecule has 0 fully saturated rings. The normalized spacial score (nSPS) is 9.77. The first-order chi connectivity index (χ1) is 11.7. The van der Waals surface area contributed by atoms with E-state index in [4.69, 9.17) is 17.3 Å². The van der Waals surface area contributed by atoms with Crippen molar-refractivity contribution in [3.8, 4) is 0 Å². The molecule has 0 aliphatic heterocycles. The summed E-state index contributed by atoms with van der Waals surface area (Å²) >= 11 is 5.62. The lowest BCUT2D eigenvalue weighted by molar-refractivity contribution is 0.336. The SMILES string of the molecule is CN(CCCl)Cc1ccccc1.CN(CCN)Cc1ccccc1.N.O. The Morgan fingerprint density at radius 3 is 1.50 bits per heavy atom. The Bertz CT molecular complexity index is 478. The molecule has 0 atom stereocenters. The summed E-state index contributed by atoms with van der Waals surface area (Å²) in [6.45, 7) is 4.58. The van der Waals surface area contributed by atoms with Crippen molar-refractivity contribution in [1.29, 1.82) is 0 Å². The van der Waals surface area contributed by atoms with Gasteiger partial charge in [-0.2, -0.15) is 0 Å². The third-order valence-corrected chi connectivity index (χ3v) is 3.74. The molecule has 0 saturated heterocycles. The summed E-state index contributed by atoms with van der Waals surface area (Å²) in [5, 5.41) is 0. The molecule has 2 rings (SSSR count). The van der Waals surface area contributed by atoms with Crippen LogP contribution in [0.3, 0.4) is 0 Å². The van der Waals surface area contributed by atoms with Gasteiger partial charge in [0.15, 0.2) is 0 Å². The van der Waals surface area contributed by atoms with Crippen LogP contribution in [0.15, 0.2) is 60.7 Å². The second-order valence-electron chi connectivity index (χ2n) is 5.92. The van der Waals surface area contributed by atoms with Gasteiger partial charge in [0.25, 0.3) is 0 Å². The molecule has 0 saturated carbocycles. The van der Waals surface area contributed by atoms with Gasteiger partial charge in [-0.25, -0.2) is 0 Å². The Balaban J connectivity index is 0. The van der Waals surface area contributed by atoms with E-state index in [2.05, 4.69) is 72.4 Å². The molecule has 0 bridgehead atoms. The van der Waals surface area contributed by atoms with Gasteiger partial charge in [0.1, 0.15) is 0 Å². The smallest absolute Gasteiger partial charge is 0.0351 e. The van der Waals surface area contributed by atoms with Crippen LogP contribution >= 0.6 is 11.6 Å². The molecule has 0 aliphatic rings. The second kappa shape index (κ2) is 17.0. The predicted molar refractivity (Wildman–Crippen MR) is 114 cm³/mol. The zero-order valence-electron chi connectivity index (χ0n) is 16.1. The first kappa shape index (κ1) is 26.8. The lowest BCUT2D eigenvalue weighted by Gasteiger charge is -2.14. The Kier molecular flexibility index (Phi) is 17.5. The molecule has 0 unspecified atom stereocenters. The molecule has 6 heteroatoms. The van der Waals surface area contributed by atoms with Crippen LogP contribution in [0.5, 0.6) is 0 Å². The molecule has 26 heavy (non-hydrogen) atoms. The predicted octanol–water partition coefficient (Wildman–Crippen LogP) is 2.77. The second-order valence-corrected chi connectivity index (χ2v) is 6.30. The monoisotopic (exact) mass is 382 g/mol. The molecule has 0 aliphatic carbocycles. The maximum Gasteiger partial charge on any atom is 0.0351 e. The summed E-state index contributed by atoms with van der Waals surface area (Å²) in [6, 6.07) is 20.8. The van der Waals surface area contributed by atoms with Crippen molar-refractivity contribution < 1.29 is 5.48 Å². The van der Waals surface area contributed by atoms with Gasteiger partial charge in [0.2, 0.25) is 0 Å². The first-order valence-electron chi connectivity index (χ1n) is 8.36. The molecular weight excluding hydrogens is 348 g/mol. The van der Waals surface area contributed by atoms with Crippen molar-refractivity contribution in [2.75, 3.05) is 39.6 Å². The lowest BCUT2D eigenvalue weighted by atomic mass is 10.2. The topological polar surface area (TPSA) is 99.0 Å². The molecule has 2 aromatic carbocycles. The van der Waals surface area contributed by atoms with E-state index in [-0.39, 0.29) is 11.6 Å². The molecule has 0 heterocycles. The summed E-state index contributed by atoms with van der Waals surface area (Å²) in [5.41, 5.74) is 8.12. The van der Waals surface area contributed by atoms with Gasteiger partial charge in [-0.3, -0.25) is 0 Å². The zero-order chi connectivity index (χ0) is 17.6. The Morgan fingerprint density at radius 1 is 0.769 bits per heavy atom. The minimum absolute atomic E-state index is 0. The van der Waals surface area contributed by atoms with E-state index in [0.29, 0.717) is 5.88 Å². The van der Waals surface area contributed by atoms with Crippen molar-refractivity contribution in [2.24, 2.45) is 5.73 Å². The average Bonchev–Trinajstić information content (AvgIpc) is 2.58. The number of rotatable bonds is 8. The highest BCUT2D eigenvalue weighted by molar-refractivity contribution is 6.18. The number of hydrogen-bond acceptors (Lipinski definition) is 4. The number of alkyl halides is 1. The molecule has 0 amide bonds. The fraction of sp³-hybridized carbons (Fsp3) is 0.400.